The van der Waals surface area contributed by atoms with Crippen LogP contribution in [0.5, 0.6) is 0 Å². The van der Waals surface area contributed by atoms with Crippen LogP contribution in [0.2, 0.25) is 0 Å². The molecule has 36 heavy (non-hydrogen) atoms. The SMILES string of the molecule is CC1CN(C[C@@H](C(=O)[C@H](CN2CCNC(C)C2)c2ccc(F)cc2)c2ccc(F)cc2)CCN1.Cl.Cl. The molecule has 2 unspecified atom stereocenters. The molecule has 0 spiro atoms. The van der Waals surface area contributed by atoms with Crippen LogP contribution in [0.15, 0.2) is 48.5 Å². The van der Waals surface area contributed by atoms with Crippen molar-refractivity contribution in [2.45, 2.75) is 37.8 Å². The first kappa shape index (κ1) is 30.6. The highest BCUT2D eigenvalue weighted by molar-refractivity contribution is 5.92. The molecule has 0 aromatic heterocycles. The Morgan fingerprint density at radius 1 is 0.778 bits per heavy atom. The average molecular weight is 544 g/mol. The Bertz CT molecular complexity index is 872. The smallest absolute Gasteiger partial charge is 0.150 e. The molecule has 4 atom stereocenters. The summed E-state index contributed by atoms with van der Waals surface area (Å²) in [5, 5.41) is 6.90. The van der Waals surface area contributed by atoms with E-state index in [0.29, 0.717) is 25.2 Å². The standard InChI is InChI=1S/C27H36F2N4O.2ClH/c1-19-15-32(13-11-30-19)17-25(21-3-7-23(28)8-4-21)27(34)26(22-5-9-24(29)10-6-22)18-33-14-12-31-20(2)16-33;;/h3-10,19-20,25-26,30-31H,11-18H2,1-2H3;2*1H/t19?,20?,25-,26-;;/m1../s1. The summed E-state index contributed by atoms with van der Waals surface area (Å²) < 4.78 is 27.4. The number of carbonyl (C=O) groups is 1. The maximum absolute atomic E-state index is 14.3. The zero-order valence-corrected chi connectivity index (χ0v) is 22.6. The molecule has 2 aromatic rings. The van der Waals surface area contributed by atoms with Crippen molar-refractivity contribution in [2.75, 3.05) is 52.4 Å². The number of halogens is 4. The van der Waals surface area contributed by atoms with Crippen LogP contribution in [0.1, 0.15) is 36.8 Å². The number of Topliss-reactive ketones (excluding diaryl/α,β-unsaturated/α-hetero) is 1. The molecule has 2 aromatic carbocycles. The second kappa shape index (κ2) is 14.4. The fourth-order valence-corrected chi connectivity index (χ4v) is 5.22. The highest BCUT2D eigenvalue weighted by Crippen LogP contribution is 2.30. The molecule has 2 saturated heterocycles. The van der Waals surface area contributed by atoms with Crippen LogP contribution in [-0.2, 0) is 4.79 Å². The van der Waals surface area contributed by atoms with Crippen molar-refractivity contribution >= 4 is 30.6 Å². The van der Waals surface area contributed by atoms with Gasteiger partial charge in [-0.1, -0.05) is 24.3 Å². The topological polar surface area (TPSA) is 47.6 Å². The number of carbonyl (C=O) groups excluding carboxylic acids is 1. The molecule has 2 heterocycles. The van der Waals surface area contributed by atoms with Gasteiger partial charge in [-0.3, -0.25) is 14.6 Å². The van der Waals surface area contributed by atoms with Gasteiger partial charge in [-0.25, -0.2) is 8.78 Å². The highest BCUT2D eigenvalue weighted by Gasteiger charge is 2.33. The van der Waals surface area contributed by atoms with Gasteiger partial charge in [0.25, 0.3) is 0 Å². The first-order valence-corrected chi connectivity index (χ1v) is 12.3. The summed E-state index contributed by atoms with van der Waals surface area (Å²) in [7, 11) is 0. The number of hydrogen-bond donors (Lipinski definition) is 2. The zero-order chi connectivity index (χ0) is 24.1. The molecule has 2 fully saturated rings. The molecule has 0 amide bonds. The normalized spacial score (nSPS) is 22.7. The van der Waals surface area contributed by atoms with Crippen molar-refractivity contribution in [3.8, 4) is 0 Å². The van der Waals surface area contributed by atoms with Crippen molar-refractivity contribution in [1.29, 1.82) is 0 Å². The Kier molecular flexibility index (Phi) is 12.2. The van der Waals surface area contributed by atoms with E-state index in [1.165, 1.54) is 24.3 Å². The van der Waals surface area contributed by atoms with Gasteiger partial charge in [-0.2, -0.15) is 0 Å². The number of rotatable bonds is 8. The van der Waals surface area contributed by atoms with Gasteiger partial charge >= 0.3 is 0 Å². The van der Waals surface area contributed by atoms with Crippen molar-refractivity contribution < 1.29 is 13.6 Å². The molecule has 0 bridgehead atoms. The van der Waals surface area contributed by atoms with E-state index in [0.717, 1.165) is 50.4 Å². The molecule has 0 saturated carbocycles. The van der Waals surface area contributed by atoms with Crippen LogP contribution in [0.25, 0.3) is 0 Å². The monoisotopic (exact) mass is 542 g/mol. The molecular weight excluding hydrogens is 505 g/mol. The molecule has 200 valence electrons. The molecule has 5 nitrogen and oxygen atoms in total. The van der Waals surface area contributed by atoms with Gasteiger partial charge in [-0.15, -0.1) is 24.8 Å². The Morgan fingerprint density at radius 3 is 1.47 bits per heavy atom. The van der Waals surface area contributed by atoms with E-state index in [1.807, 2.05) is 0 Å². The highest BCUT2D eigenvalue weighted by atomic mass is 35.5. The zero-order valence-electron chi connectivity index (χ0n) is 21.0. The Labute approximate surface area is 225 Å². The number of ketones is 1. The lowest BCUT2D eigenvalue weighted by Gasteiger charge is -2.37. The molecule has 0 aliphatic carbocycles. The molecule has 9 heteroatoms. The second-order valence-electron chi connectivity index (χ2n) is 9.84. The number of benzene rings is 2. The predicted octanol–water partition coefficient (Wildman–Crippen LogP) is 3.83. The van der Waals surface area contributed by atoms with E-state index in [1.54, 1.807) is 24.3 Å². The van der Waals surface area contributed by atoms with E-state index >= 15 is 0 Å². The van der Waals surface area contributed by atoms with Crippen LogP contribution in [-0.4, -0.2) is 80.0 Å². The molecule has 4 rings (SSSR count). The summed E-state index contributed by atoms with van der Waals surface area (Å²) in [6, 6.07) is 13.4. The minimum Gasteiger partial charge on any atom is -0.312 e. The van der Waals surface area contributed by atoms with E-state index in [-0.39, 0.29) is 54.1 Å². The van der Waals surface area contributed by atoms with Crippen molar-refractivity contribution in [3.63, 3.8) is 0 Å². The van der Waals surface area contributed by atoms with Crippen molar-refractivity contribution in [3.05, 3.63) is 71.3 Å². The van der Waals surface area contributed by atoms with Gasteiger partial charge in [-0.05, 0) is 49.2 Å². The first-order valence-electron chi connectivity index (χ1n) is 12.3. The van der Waals surface area contributed by atoms with E-state index in [2.05, 4.69) is 34.3 Å². The average Bonchev–Trinajstić information content (AvgIpc) is 2.82. The maximum atomic E-state index is 14.3. The largest absolute Gasteiger partial charge is 0.312 e. The summed E-state index contributed by atoms with van der Waals surface area (Å²) in [6.07, 6.45) is 0. The number of nitrogens with one attached hydrogen (secondary N) is 2. The van der Waals surface area contributed by atoms with Crippen LogP contribution in [0, 0.1) is 11.6 Å². The third-order valence-electron chi connectivity index (χ3n) is 7.02. The van der Waals surface area contributed by atoms with Gasteiger partial charge in [0.05, 0.1) is 11.8 Å². The molecular formula is C27H38Cl2F2N4O. The lowest BCUT2D eigenvalue weighted by molar-refractivity contribution is -0.123. The summed E-state index contributed by atoms with van der Waals surface area (Å²) in [6.45, 7) is 10.7. The Balaban J connectivity index is 0.00000228. The molecule has 2 aliphatic rings. The summed E-state index contributed by atoms with van der Waals surface area (Å²) in [4.78, 5) is 18.9. The molecule has 0 radical (unpaired) electrons. The van der Waals surface area contributed by atoms with Gasteiger partial charge in [0, 0.05) is 64.4 Å². The van der Waals surface area contributed by atoms with Crippen LogP contribution < -0.4 is 10.6 Å². The van der Waals surface area contributed by atoms with Crippen LogP contribution in [0.3, 0.4) is 0 Å². The lowest BCUT2D eigenvalue weighted by atomic mass is 9.82. The second-order valence-corrected chi connectivity index (χ2v) is 9.84. The maximum Gasteiger partial charge on any atom is 0.150 e. The van der Waals surface area contributed by atoms with Gasteiger partial charge in [0.2, 0.25) is 0 Å². The minimum absolute atomic E-state index is 0. The van der Waals surface area contributed by atoms with Crippen molar-refractivity contribution in [1.82, 2.24) is 20.4 Å². The summed E-state index contributed by atoms with van der Waals surface area (Å²) >= 11 is 0. The quantitative estimate of drug-likeness (QED) is 0.530. The van der Waals surface area contributed by atoms with Gasteiger partial charge in [0.1, 0.15) is 17.4 Å². The predicted molar refractivity (Wildman–Crippen MR) is 146 cm³/mol. The Hall–Kier alpha value is -1.61. The third kappa shape index (κ3) is 8.20. The van der Waals surface area contributed by atoms with E-state index < -0.39 is 0 Å². The van der Waals surface area contributed by atoms with E-state index in [9.17, 15) is 13.6 Å². The summed E-state index contributed by atoms with van der Waals surface area (Å²) in [5.41, 5.74) is 1.66. The molecule has 2 aliphatic heterocycles. The Morgan fingerprint density at radius 2 is 1.14 bits per heavy atom. The number of piperazine rings is 2. The third-order valence-corrected chi connectivity index (χ3v) is 7.02. The van der Waals surface area contributed by atoms with E-state index in [4.69, 9.17) is 0 Å². The van der Waals surface area contributed by atoms with Crippen LogP contribution in [0.4, 0.5) is 8.78 Å². The summed E-state index contributed by atoms with van der Waals surface area (Å²) in [5.74, 6) is -1.29. The fourth-order valence-electron chi connectivity index (χ4n) is 5.22. The minimum atomic E-state index is -0.388. The number of hydrogen-bond acceptors (Lipinski definition) is 5. The first-order chi connectivity index (χ1) is 16.4. The van der Waals surface area contributed by atoms with Crippen molar-refractivity contribution in [2.24, 2.45) is 0 Å². The van der Waals surface area contributed by atoms with Gasteiger partial charge < -0.3 is 10.6 Å². The van der Waals surface area contributed by atoms with Gasteiger partial charge in [0.15, 0.2) is 0 Å². The lowest BCUT2D eigenvalue weighted by Crippen LogP contribution is -2.52. The number of nitrogens with zero attached hydrogens (tertiary/aromatic N) is 2. The fraction of sp³-hybridized carbons (Fsp3) is 0.519. The van der Waals surface area contributed by atoms with Crippen LogP contribution >= 0.6 is 24.8 Å². The molecule has 2 N–H and O–H groups in total.